The lowest BCUT2D eigenvalue weighted by atomic mass is 10.2. The molecule has 2 rings (SSSR count). The Balaban J connectivity index is 2.29. The van der Waals surface area contributed by atoms with E-state index in [-0.39, 0.29) is 17.4 Å². The predicted octanol–water partition coefficient (Wildman–Crippen LogP) is 3.10. The average Bonchev–Trinajstić information content (AvgIpc) is 2.59. The van der Waals surface area contributed by atoms with E-state index >= 15 is 0 Å². The Hall–Kier alpha value is -3.22. The van der Waals surface area contributed by atoms with Crippen LogP contribution in [-0.2, 0) is 14.6 Å². The fourth-order valence-electron chi connectivity index (χ4n) is 2.34. The van der Waals surface area contributed by atoms with Crippen molar-refractivity contribution in [1.29, 1.82) is 0 Å². The van der Waals surface area contributed by atoms with Gasteiger partial charge >= 0.3 is 5.51 Å². The number of nitrogens with one attached hydrogen (secondary N) is 1. The van der Waals surface area contributed by atoms with Crippen molar-refractivity contribution >= 4 is 32.8 Å². The van der Waals surface area contributed by atoms with Gasteiger partial charge in [0.2, 0.25) is 5.91 Å². The zero-order chi connectivity index (χ0) is 22.0. The molecule has 0 aliphatic carbocycles. The molecule has 0 aliphatic heterocycles. The molecular weight excluding hydrogens is 422 g/mol. The van der Waals surface area contributed by atoms with Crippen LogP contribution in [0.1, 0.15) is 0 Å². The molecule has 0 heterocycles. The van der Waals surface area contributed by atoms with E-state index in [4.69, 9.17) is 0 Å². The van der Waals surface area contributed by atoms with E-state index in [0.717, 1.165) is 23.1 Å². The van der Waals surface area contributed by atoms with Gasteiger partial charge in [-0.1, -0.05) is 6.07 Å². The second-order valence-electron chi connectivity index (χ2n) is 5.77. The van der Waals surface area contributed by atoms with Crippen molar-refractivity contribution in [3.63, 3.8) is 0 Å². The quantitative estimate of drug-likeness (QED) is 0.424. The molecule has 8 nitrogen and oxygen atoms in total. The van der Waals surface area contributed by atoms with Crippen LogP contribution in [0.3, 0.4) is 0 Å². The van der Waals surface area contributed by atoms with Crippen LogP contribution in [0.5, 0.6) is 0 Å². The van der Waals surface area contributed by atoms with Crippen LogP contribution in [0.15, 0.2) is 47.4 Å². The van der Waals surface area contributed by atoms with Gasteiger partial charge in [0, 0.05) is 18.8 Å². The molecule has 2 aromatic carbocycles. The third-order valence-electron chi connectivity index (χ3n) is 3.66. The smallest absolute Gasteiger partial charge is 0.360 e. The molecular formula is C16H13F4N3O5S. The highest BCUT2D eigenvalue weighted by atomic mass is 32.2. The van der Waals surface area contributed by atoms with Gasteiger partial charge < -0.3 is 10.2 Å². The van der Waals surface area contributed by atoms with Crippen molar-refractivity contribution in [1.82, 2.24) is 0 Å². The molecule has 156 valence electrons. The van der Waals surface area contributed by atoms with E-state index < -0.39 is 49.1 Å². The first-order chi connectivity index (χ1) is 13.3. The highest BCUT2D eigenvalue weighted by Gasteiger charge is 2.47. The molecule has 0 spiro atoms. The second kappa shape index (κ2) is 8.03. The summed E-state index contributed by atoms with van der Waals surface area (Å²) in [5, 5.41) is 13.6. The van der Waals surface area contributed by atoms with Gasteiger partial charge in [-0.3, -0.25) is 14.9 Å². The Morgan fingerprint density at radius 1 is 1.21 bits per heavy atom. The number of hydrogen-bond acceptors (Lipinski definition) is 6. The topological polar surface area (TPSA) is 110 Å². The highest BCUT2D eigenvalue weighted by Crippen LogP contribution is 2.35. The number of sulfone groups is 1. The largest absolute Gasteiger partial charge is 0.501 e. The standard InChI is InChI=1S/C16H13F4N3O5S/c1-22(9-15(24)21-11-4-2-3-10(17)7-11)13-6-5-12(8-14(13)23(25)26)29(27,28)16(18,19)20/h2-8H,9H2,1H3,(H,21,24). The SMILES string of the molecule is CN(CC(=O)Nc1cccc(F)c1)c1ccc(S(=O)(=O)C(F)(F)F)cc1[N+](=O)[O-]. The molecule has 29 heavy (non-hydrogen) atoms. The minimum atomic E-state index is -5.78. The van der Waals surface area contributed by atoms with Gasteiger partial charge in [-0.25, -0.2) is 12.8 Å². The van der Waals surface area contributed by atoms with Gasteiger partial charge in [0.1, 0.15) is 11.5 Å². The van der Waals surface area contributed by atoms with Crippen LogP contribution in [0.2, 0.25) is 0 Å². The first kappa shape index (κ1) is 22.1. The van der Waals surface area contributed by atoms with Gasteiger partial charge in [0.25, 0.3) is 15.5 Å². The molecule has 0 saturated carbocycles. The zero-order valence-corrected chi connectivity index (χ0v) is 15.4. The maximum Gasteiger partial charge on any atom is 0.501 e. The lowest BCUT2D eigenvalue weighted by molar-refractivity contribution is -0.384. The third-order valence-corrected chi connectivity index (χ3v) is 5.14. The summed E-state index contributed by atoms with van der Waals surface area (Å²) >= 11 is 0. The summed E-state index contributed by atoms with van der Waals surface area (Å²) in [4.78, 5) is 22.0. The van der Waals surface area contributed by atoms with Gasteiger partial charge in [-0.2, -0.15) is 13.2 Å². The molecule has 0 aromatic heterocycles. The number of hydrogen-bond donors (Lipinski definition) is 1. The number of rotatable bonds is 6. The Morgan fingerprint density at radius 2 is 1.86 bits per heavy atom. The monoisotopic (exact) mass is 435 g/mol. The zero-order valence-electron chi connectivity index (χ0n) is 14.6. The van der Waals surface area contributed by atoms with Crippen LogP contribution in [0.25, 0.3) is 0 Å². The number of nitro benzene ring substituents is 1. The van der Waals surface area contributed by atoms with Gasteiger partial charge in [-0.15, -0.1) is 0 Å². The van der Waals surface area contributed by atoms with Crippen LogP contribution >= 0.6 is 0 Å². The number of amides is 1. The van der Waals surface area contributed by atoms with Crippen molar-refractivity contribution in [2.75, 3.05) is 23.8 Å². The third kappa shape index (κ3) is 4.99. The van der Waals surface area contributed by atoms with Crippen molar-refractivity contribution in [2.45, 2.75) is 10.4 Å². The number of benzene rings is 2. The summed E-state index contributed by atoms with van der Waals surface area (Å²) in [6, 6.07) is 6.58. The van der Waals surface area contributed by atoms with Gasteiger partial charge in [0.15, 0.2) is 0 Å². The van der Waals surface area contributed by atoms with Crippen molar-refractivity contribution < 1.29 is 35.7 Å². The van der Waals surface area contributed by atoms with Crippen LogP contribution in [0, 0.1) is 15.9 Å². The van der Waals surface area contributed by atoms with Crippen LogP contribution in [0.4, 0.5) is 34.6 Å². The van der Waals surface area contributed by atoms with Crippen molar-refractivity contribution in [3.05, 3.63) is 58.4 Å². The number of halogens is 4. The van der Waals surface area contributed by atoms with E-state index in [2.05, 4.69) is 5.32 Å². The van der Waals surface area contributed by atoms with E-state index in [1.54, 1.807) is 0 Å². The molecule has 13 heteroatoms. The lowest BCUT2D eigenvalue weighted by Crippen LogP contribution is -2.30. The normalized spacial score (nSPS) is 11.8. The molecule has 0 fully saturated rings. The molecule has 1 N–H and O–H groups in total. The van der Waals surface area contributed by atoms with E-state index in [1.807, 2.05) is 0 Å². The maximum atomic E-state index is 13.1. The number of nitrogens with zero attached hydrogens (tertiary/aromatic N) is 2. The summed E-state index contributed by atoms with van der Waals surface area (Å²) in [7, 11) is -4.54. The minimum Gasteiger partial charge on any atom is -0.360 e. The number of likely N-dealkylation sites (N-methyl/N-ethyl adjacent to an activating group) is 1. The summed E-state index contributed by atoms with van der Waals surface area (Å²) in [6.45, 7) is -0.483. The molecule has 0 unspecified atom stereocenters. The Bertz CT molecular complexity index is 1060. The second-order valence-corrected chi connectivity index (χ2v) is 7.71. The Morgan fingerprint density at radius 3 is 2.41 bits per heavy atom. The summed E-state index contributed by atoms with van der Waals surface area (Å²) in [5.74, 6) is -1.30. The average molecular weight is 435 g/mol. The first-order valence-electron chi connectivity index (χ1n) is 7.69. The molecule has 0 radical (unpaired) electrons. The Kier molecular flexibility index (Phi) is 6.11. The molecule has 0 saturated heterocycles. The van der Waals surface area contributed by atoms with Crippen molar-refractivity contribution in [3.8, 4) is 0 Å². The highest BCUT2D eigenvalue weighted by molar-refractivity contribution is 7.92. The Labute approximate surface area is 161 Å². The van der Waals surface area contributed by atoms with Crippen LogP contribution in [-0.4, -0.2) is 38.3 Å². The van der Waals surface area contributed by atoms with E-state index in [1.165, 1.54) is 19.2 Å². The van der Waals surface area contributed by atoms with Crippen LogP contribution < -0.4 is 10.2 Å². The fourth-order valence-corrected chi connectivity index (χ4v) is 3.12. The first-order valence-corrected chi connectivity index (χ1v) is 9.17. The summed E-state index contributed by atoms with van der Waals surface area (Å²) < 4.78 is 74.1. The molecule has 2 aromatic rings. The number of alkyl halides is 3. The molecule has 1 amide bonds. The molecule has 0 atom stereocenters. The summed E-state index contributed by atoms with van der Waals surface area (Å²) in [5.41, 5.74) is -6.72. The molecule has 0 bridgehead atoms. The number of carbonyl (C=O) groups is 1. The maximum absolute atomic E-state index is 13.1. The predicted molar refractivity (Wildman–Crippen MR) is 94.6 cm³/mol. The summed E-state index contributed by atoms with van der Waals surface area (Å²) in [6.07, 6.45) is 0. The number of carbonyl (C=O) groups excluding carboxylic acids is 1. The number of nitro groups is 1. The fraction of sp³-hybridized carbons (Fsp3) is 0.188. The lowest BCUT2D eigenvalue weighted by Gasteiger charge is -2.19. The number of anilines is 2. The van der Waals surface area contributed by atoms with Gasteiger partial charge in [0.05, 0.1) is 16.4 Å². The van der Waals surface area contributed by atoms with E-state index in [9.17, 15) is 40.9 Å². The molecule has 0 aliphatic rings. The van der Waals surface area contributed by atoms with E-state index in [0.29, 0.717) is 6.07 Å². The van der Waals surface area contributed by atoms with Crippen molar-refractivity contribution in [2.24, 2.45) is 0 Å². The van der Waals surface area contributed by atoms with Gasteiger partial charge in [-0.05, 0) is 30.3 Å². The minimum absolute atomic E-state index is 0.129.